The number of hydrogen-bond donors (Lipinski definition) is 2. The monoisotopic (exact) mass is 360 g/mol. The Bertz CT molecular complexity index is 734. The molecule has 1 unspecified atom stereocenters. The molecule has 6 nitrogen and oxygen atoms in total. The molecule has 1 aliphatic heterocycles. The predicted molar refractivity (Wildman–Crippen MR) is 100 cm³/mol. The summed E-state index contributed by atoms with van der Waals surface area (Å²) >= 11 is 0. The summed E-state index contributed by atoms with van der Waals surface area (Å²) in [5.74, 6) is -1.42. The van der Waals surface area contributed by atoms with E-state index in [1.165, 1.54) is 6.07 Å². The Morgan fingerprint density at radius 3 is 2.38 bits per heavy atom. The highest BCUT2D eigenvalue weighted by atomic mass is 16.4. The van der Waals surface area contributed by atoms with Gasteiger partial charge in [0.1, 0.15) is 0 Å². The van der Waals surface area contributed by atoms with Gasteiger partial charge in [0, 0.05) is 24.2 Å². The molecule has 0 aromatic heterocycles. The lowest BCUT2D eigenvalue weighted by atomic mass is 9.90. The number of aromatic carboxylic acids is 1. The van der Waals surface area contributed by atoms with Crippen LogP contribution < -0.4 is 5.32 Å². The van der Waals surface area contributed by atoms with Crippen LogP contribution in [0.1, 0.15) is 55.1 Å². The second-order valence-corrected chi connectivity index (χ2v) is 8.12. The number of anilines is 1. The minimum absolute atomic E-state index is 0.0506. The molecule has 1 saturated heterocycles. The van der Waals surface area contributed by atoms with Gasteiger partial charge in [-0.25, -0.2) is 4.79 Å². The number of rotatable bonds is 3. The van der Waals surface area contributed by atoms with E-state index >= 15 is 0 Å². The van der Waals surface area contributed by atoms with Gasteiger partial charge in [0.05, 0.1) is 11.5 Å². The van der Waals surface area contributed by atoms with Crippen LogP contribution in [-0.4, -0.2) is 40.9 Å². The van der Waals surface area contributed by atoms with E-state index in [4.69, 9.17) is 0 Å². The number of amides is 2. The van der Waals surface area contributed by atoms with E-state index in [-0.39, 0.29) is 23.3 Å². The van der Waals surface area contributed by atoms with Gasteiger partial charge < -0.3 is 15.3 Å². The van der Waals surface area contributed by atoms with Gasteiger partial charge in [0.2, 0.25) is 11.8 Å². The lowest BCUT2D eigenvalue weighted by molar-refractivity contribution is -0.142. The van der Waals surface area contributed by atoms with Gasteiger partial charge in [-0.1, -0.05) is 26.8 Å². The zero-order chi connectivity index (χ0) is 19.6. The van der Waals surface area contributed by atoms with Crippen LogP contribution in [0.5, 0.6) is 0 Å². The summed E-state index contributed by atoms with van der Waals surface area (Å²) in [7, 11) is 0. The van der Waals surface area contributed by atoms with Crippen LogP contribution in [0.4, 0.5) is 5.69 Å². The molecule has 0 radical (unpaired) electrons. The van der Waals surface area contributed by atoms with Crippen molar-refractivity contribution >= 4 is 23.5 Å². The summed E-state index contributed by atoms with van der Waals surface area (Å²) in [6.45, 7) is 10.3. The number of piperidine rings is 1. The van der Waals surface area contributed by atoms with Crippen molar-refractivity contribution in [1.29, 1.82) is 0 Å². The van der Waals surface area contributed by atoms with Gasteiger partial charge in [-0.15, -0.1) is 0 Å². The molecule has 1 heterocycles. The SMILES string of the molecule is Cc1cc(C)c(C(=O)O)cc1NC(=O)C1CCCN(C(=O)C(C)(C)C)C1. The van der Waals surface area contributed by atoms with Crippen LogP contribution in [0.3, 0.4) is 0 Å². The largest absolute Gasteiger partial charge is 0.478 e. The molecule has 2 N–H and O–H groups in total. The molecule has 0 aliphatic carbocycles. The van der Waals surface area contributed by atoms with Gasteiger partial charge >= 0.3 is 5.97 Å². The van der Waals surface area contributed by atoms with Crippen molar-refractivity contribution in [3.8, 4) is 0 Å². The zero-order valence-corrected chi connectivity index (χ0v) is 16.2. The van der Waals surface area contributed by atoms with Crippen LogP contribution in [0.25, 0.3) is 0 Å². The second kappa shape index (κ2) is 7.48. The number of carbonyl (C=O) groups is 3. The van der Waals surface area contributed by atoms with Gasteiger partial charge in [0.25, 0.3) is 0 Å². The zero-order valence-electron chi connectivity index (χ0n) is 16.2. The number of nitrogens with zero attached hydrogens (tertiary/aromatic N) is 1. The van der Waals surface area contributed by atoms with E-state index < -0.39 is 11.4 Å². The molecular formula is C20H28N2O4. The highest BCUT2D eigenvalue weighted by Crippen LogP contribution is 2.26. The van der Waals surface area contributed by atoms with Crippen LogP contribution in [-0.2, 0) is 9.59 Å². The van der Waals surface area contributed by atoms with E-state index in [1.54, 1.807) is 17.9 Å². The number of hydrogen-bond acceptors (Lipinski definition) is 3. The molecule has 0 saturated carbocycles. The van der Waals surface area contributed by atoms with Gasteiger partial charge in [0.15, 0.2) is 0 Å². The molecule has 2 amide bonds. The average Bonchev–Trinajstić information content (AvgIpc) is 2.55. The molecule has 26 heavy (non-hydrogen) atoms. The first-order valence-corrected chi connectivity index (χ1v) is 8.95. The quantitative estimate of drug-likeness (QED) is 0.866. The van der Waals surface area contributed by atoms with Crippen molar-refractivity contribution in [2.45, 2.75) is 47.5 Å². The number of aryl methyl sites for hydroxylation is 2. The summed E-state index contributed by atoms with van der Waals surface area (Å²) in [4.78, 5) is 38.3. The number of carboxylic acid groups (broad SMARTS) is 1. The van der Waals surface area contributed by atoms with E-state index in [0.717, 1.165) is 18.4 Å². The van der Waals surface area contributed by atoms with Crippen molar-refractivity contribution in [3.63, 3.8) is 0 Å². The molecule has 1 aromatic rings. The molecule has 1 aromatic carbocycles. The maximum absolute atomic E-state index is 12.7. The summed E-state index contributed by atoms with van der Waals surface area (Å²) in [5, 5.41) is 12.1. The molecule has 0 bridgehead atoms. The molecule has 6 heteroatoms. The number of nitrogens with one attached hydrogen (secondary N) is 1. The maximum atomic E-state index is 12.7. The first-order chi connectivity index (χ1) is 12.0. The minimum atomic E-state index is -1.02. The van der Waals surface area contributed by atoms with E-state index in [0.29, 0.717) is 24.3 Å². The van der Waals surface area contributed by atoms with Crippen LogP contribution in [0.2, 0.25) is 0 Å². The summed E-state index contributed by atoms with van der Waals surface area (Å²) in [6, 6.07) is 3.27. The third-order valence-corrected chi connectivity index (χ3v) is 4.78. The number of carboxylic acids is 1. The molecule has 142 valence electrons. The maximum Gasteiger partial charge on any atom is 0.336 e. The predicted octanol–water partition coefficient (Wildman–Crippen LogP) is 3.22. The van der Waals surface area contributed by atoms with Crippen LogP contribution in [0, 0.1) is 25.2 Å². The Hall–Kier alpha value is -2.37. The van der Waals surface area contributed by atoms with Gasteiger partial charge in [-0.05, 0) is 43.9 Å². The first-order valence-electron chi connectivity index (χ1n) is 8.95. The number of benzene rings is 1. The topological polar surface area (TPSA) is 86.7 Å². The Kier molecular flexibility index (Phi) is 5.74. The van der Waals surface area contributed by atoms with Crippen molar-refractivity contribution in [3.05, 3.63) is 28.8 Å². The third-order valence-electron chi connectivity index (χ3n) is 4.78. The smallest absolute Gasteiger partial charge is 0.336 e. The molecule has 1 aliphatic rings. The van der Waals surface area contributed by atoms with Crippen molar-refractivity contribution < 1.29 is 19.5 Å². The number of likely N-dealkylation sites (tertiary alicyclic amines) is 1. The summed E-state index contributed by atoms with van der Waals surface area (Å²) in [5.41, 5.74) is 1.70. The summed E-state index contributed by atoms with van der Waals surface area (Å²) < 4.78 is 0. The lowest BCUT2D eigenvalue weighted by Gasteiger charge is -2.36. The normalized spacial score (nSPS) is 17.7. The fourth-order valence-corrected chi connectivity index (χ4v) is 3.30. The van der Waals surface area contributed by atoms with Crippen molar-refractivity contribution in [1.82, 2.24) is 4.90 Å². The highest BCUT2D eigenvalue weighted by Gasteiger charge is 2.33. The highest BCUT2D eigenvalue weighted by molar-refractivity contribution is 5.97. The molecule has 1 fully saturated rings. The van der Waals surface area contributed by atoms with Crippen LogP contribution in [0.15, 0.2) is 12.1 Å². The fraction of sp³-hybridized carbons (Fsp3) is 0.550. The van der Waals surface area contributed by atoms with E-state index in [2.05, 4.69) is 5.32 Å². The van der Waals surface area contributed by atoms with Gasteiger partial charge in [-0.3, -0.25) is 9.59 Å². The van der Waals surface area contributed by atoms with Crippen molar-refractivity contribution in [2.75, 3.05) is 18.4 Å². The van der Waals surface area contributed by atoms with Gasteiger partial charge in [-0.2, -0.15) is 0 Å². The third kappa shape index (κ3) is 4.42. The Balaban J connectivity index is 2.14. The standard InChI is InChI=1S/C20H28N2O4/c1-12-9-13(2)16(10-15(12)18(24)25)21-17(23)14-7-6-8-22(11-14)19(26)20(3,4)5/h9-10,14H,6-8,11H2,1-5H3,(H,21,23)(H,24,25). The fourth-order valence-electron chi connectivity index (χ4n) is 3.30. The van der Waals surface area contributed by atoms with E-state index in [9.17, 15) is 19.5 Å². The number of carbonyl (C=O) groups excluding carboxylic acids is 2. The second-order valence-electron chi connectivity index (χ2n) is 8.12. The Morgan fingerprint density at radius 2 is 1.81 bits per heavy atom. The molecular weight excluding hydrogens is 332 g/mol. The average molecular weight is 360 g/mol. The molecule has 2 rings (SSSR count). The Labute approximate surface area is 154 Å². The Morgan fingerprint density at radius 1 is 1.15 bits per heavy atom. The lowest BCUT2D eigenvalue weighted by Crippen LogP contribution is -2.47. The van der Waals surface area contributed by atoms with Crippen LogP contribution >= 0.6 is 0 Å². The minimum Gasteiger partial charge on any atom is -0.478 e. The molecule has 0 spiro atoms. The summed E-state index contributed by atoms with van der Waals surface area (Å²) in [6.07, 6.45) is 1.50. The van der Waals surface area contributed by atoms with Crippen molar-refractivity contribution in [2.24, 2.45) is 11.3 Å². The van der Waals surface area contributed by atoms with E-state index in [1.807, 2.05) is 27.7 Å². The first kappa shape index (κ1) is 19.9. The molecule has 1 atom stereocenters.